The fourth-order valence-electron chi connectivity index (χ4n) is 3.96. The van der Waals surface area contributed by atoms with Gasteiger partial charge in [-0.2, -0.15) is 0 Å². The van der Waals surface area contributed by atoms with Crippen molar-refractivity contribution >= 4 is 5.97 Å². The second-order valence-electron chi connectivity index (χ2n) is 6.98. The van der Waals surface area contributed by atoms with Crippen LogP contribution in [0.25, 0.3) is 0 Å². The zero-order valence-electron chi connectivity index (χ0n) is 13.2. The van der Waals surface area contributed by atoms with Gasteiger partial charge in [-0.1, -0.05) is 6.92 Å². The van der Waals surface area contributed by atoms with E-state index in [0.29, 0.717) is 12.1 Å². The number of nitrogens with two attached hydrogens (primary N) is 1. The SMILES string of the molecule is COC(=O)C1(N)CCCC(N(C)C2CCC(C)CC2)C1. The molecule has 0 amide bonds. The Hall–Kier alpha value is -0.610. The van der Waals surface area contributed by atoms with E-state index in [1.54, 1.807) is 0 Å². The van der Waals surface area contributed by atoms with Crippen LogP contribution in [-0.4, -0.2) is 42.6 Å². The summed E-state index contributed by atoms with van der Waals surface area (Å²) >= 11 is 0. The van der Waals surface area contributed by atoms with Gasteiger partial charge in [-0.15, -0.1) is 0 Å². The van der Waals surface area contributed by atoms with Crippen LogP contribution in [0.4, 0.5) is 0 Å². The van der Waals surface area contributed by atoms with Gasteiger partial charge >= 0.3 is 5.97 Å². The third-order valence-corrected chi connectivity index (χ3v) is 5.49. The molecule has 20 heavy (non-hydrogen) atoms. The second kappa shape index (κ2) is 6.44. The van der Waals surface area contributed by atoms with Crippen molar-refractivity contribution in [2.75, 3.05) is 14.2 Å². The van der Waals surface area contributed by atoms with E-state index in [-0.39, 0.29) is 5.97 Å². The molecule has 2 unspecified atom stereocenters. The first-order valence-electron chi connectivity index (χ1n) is 8.05. The number of rotatable bonds is 3. The normalized spacial score (nSPS) is 38.8. The van der Waals surface area contributed by atoms with E-state index in [9.17, 15) is 4.79 Å². The van der Waals surface area contributed by atoms with Crippen molar-refractivity contribution in [3.63, 3.8) is 0 Å². The van der Waals surface area contributed by atoms with Gasteiger partial charge in [0.15, 0.2) is 0 Å². The molecule has 0 saturated heterocycles. The Morgan fingerprint density at radius 1 is 1.20 bits per heavy atom. The van der Waals surface area contributed by atoms with Crippen molar-refractivity contribution in [2.45, 2.75) is 75.9 Å². The minimum atomic E-state index is -0.770. The zero-order chi connectivity index (χ0) is 14.8. The summed E-state index contributed by atoms with van der Waals surface area (Å²) in [4.78, 5) is 14.4. The standard InChI is InChI=1S/C16H30N2O2/c1-12-6-8-13(9-7-12)18(2)14-5-4-10-16(17,11-14)15(19)20-3/h12-14H,4-11,17H2,1-3H3. The predicted octanol–water partition coefficient (Wildman–Crippen LogP) is 2.31. The highest BCUT2D eigenvalue weighted by Crippen LogP contribution is 2.34. The van der Waals surface area contributed by atoms with E-state index in [1.807, 2.05) is 0 Å². The number of ether oxygens (including phenoxy) is 1. The van der Waals surface area contributed by atoms with Crippen LogP contribution in [0, 0.1) is 5.92 Å². The first-order chi connectivity index (χ1) is 9.46. The first kappa shape index (κ1) is 15.8. The summed E-state index contributed by atoms with van der Waals surface area (Å²) in [5, 5.41) is 0. The second-order valence-corrected chi connectivity index (χ2v) is 6.98. The Morgan fingerprint density at radius 2 is 1.85 bits per heavy atom. The molecule has 116 valence electrons. The Labute approximate surface area is 123 Å². The van der Waals surface area contributed by atoms with E-state index in [2.05, 4.69) is 18.9 Å². The topological polar surface area (TPSA) is 55.6 Å². The van der Waals surface area contributed by atoms with Gasteiger partial charge in [-0.25, -0.2) is 0 Å². The average Bonchev–Trinajstić information content (AvgIpc) is 2.46. The highest BCUT2D eigenvalue weighted by molar-refractivity contribution is 5.80. The van der Waals surface area contributed by atoms with Gasteiger partial charge < -0.3 is 15.4 Å². The van der Waals surface area contributed by atoms with E-state index >= 15 is 0 Å². The van der Waals surface area contributed by atoms with Crippen LogP contribution >= 0.6 is 0 Å². The van der Waals surface area contributed by atoms with Crippen molar-refractivity contribution in [3.05, 3.63) is 0 Å². The number of carbonyl (C=O) groups is 1. The third-order valence-electron chi connectivity index (χ3n) is 5.49. The molecule has 0 bridgehead atoms. The lowest BCUT2D eigenvalue weighted by atomic mass is 9.78. The maximum Gasteiger partial charge on any atom is 0.325 e. The number of hydrogen-bond donors (Lipinski definition) is 1. The zero-order valence-corrected chi connectivity index (χ0v) is 13.2. The Bertz CT molecular complexity index is 339. The summed E-state index contributed by atoms with van der Waals surface area (Å²) in [6.45, 7) is 2.35. The van der Waals surface area contributed by atoms with Crippen LogP contribution in [0.5, 0.6) is 0 Å². The monoisotopic (exact) mass is 282 g/mol. The Kier molecular flexibility index (Phi) is 5.08. The summed E-state index contributed by atoms with van der Waals surface area (Å²) in [7, 11) is 3.65. The molecule has 2 aliphatic carbocycles. The number of carbonyl (C=O) groups excluding carboxylic acids is 1. The smallest absolute Gasteiger partial charge is 0.325 e. The van der Waals surface area contributed by atoms with Crippen LogP contribution in [0.15, 0.2) is 0 Å². The number of esters is 1. The molecule has 0 radical (unpaired) electrons. The summed E-state index contributed by atoms with van der Waals surface area (Å²) in [5.74, 6) is 0.627. The minimum absolute atomic E-state index is 0.243. The quantitative estimate of drug-likeness (QED) is 0.807. The molecular weight excluding hydrogens is 252 g/mol. The van der Waals surface area contributed by atoms with Crippen LogP contribution in [-0.2, 0) is 9.53 Å². The highest BCUT2D eigenvalue weighted by atomic mass is 16.5. The molecule has 4 nitrogen and oxygen atoms in total. The summed E-state index contributed by atoms with van der Waals surface area (Å²) in [5.41, 5.74) is 5.52. The number of nitrogens with zero attached hydrogens (tertiary/aromatic N) is 1. The molecule has 0 heterocycles. The molecule has 0 spiro atoms. The fourth-order valence-corrected chi connectivity index (χ4v) is 3.96. The van der Waals surface area contributed by atoms with E-state index in [0.717, 1.165) is 31.6 Å². The van der Waals surface area contributed by atoms with Crippen LogP contribution in [0.3, 0.4) is 0 Å². The van der Waals surface area contributed by atoms with Gasteiger partial charge in [0, 0.05) is 12.1 Å². The Balaban J connectivity index is 1.96. The predicted molar refractivity (Wildman–Crippen MR) is 80.4 cm³/mol. The molecule has 2 rings (SSSR count). The Morgan fingerprint density at radius 3 is 2.45 bits per heavy atom. The summed E-state index contributed by atoms with van der Waals surface area (Å²) in [6.07, 6.45) is 8.88. The van der Waals surface area contributed by atoms with E-state index in [1.165, 1.54) is 32.8 Å². The molecule has 4 heteroatoms. The lowest BCUT2D eigenvalue weighted by Gasteiger charge is -2.44. The van der Waals surface area contributed by atoms with E-state index < -0.39 is 5.54 Å². The van der Waals surface area contributed by atoms with Crippen LogP contribution < -0.4 is 5.73 Å². The first-order valence-corrected chi connectivity index (χ1v) is 8.05. The van der Waals surface area contributed by atoms with Gasteiger partial charge in [0.05, 0.1) is 7.11 Å². The highest BCUT2D eigenvalue weighted by Gasteiger charge is 2.42. The maximum absolute atomic E-state index is 11.9. The molecule has 2 aliphatic rings. The van der Waals surface area contributed by atoms with Gasteiger partial charge in [0.2, 0.25) is 0 Å². The van der Waals surface area contributed by atoms with Crippen LogP contribution in [0.2, 0.25) is 0 Å². The molecule has 2 atom stereocenters. The van der Waals surface area contributed by atoms with Gasteiger partial charge in [-0.3, -0.25) is 4.79 Å². The molecule has 0 aromatic rings. The molecule has 0 aliphatic heterocycles. The summed E-state index contributed by atoms with van der Waals surface area (Å²) in [6, 6.07) is 1.09. The van der Waals surface area contributed by atoms with Gasteiger partial charge in [-0.05, 0) is 64.3 Å². The van der Waals surface area contributed by atoms with Crippen molar-refractivity contribution in [3.8, 4) is 0 Å². The maximum atomic E-state index is 11.9. The lowest BCUT2D eigenvalue weighted by Crippen LogP contribution is -2.57. The molecule has 2 saturated carbocycles. The van der Waals surface area contributed by atoms with Gasteiger partial charge in [0.25, 0.3) is 0 Å². The third kappa shape index (κ3) is 3.34. The van der Waals surface area contributed by atoms with Crippen molar-refractivity contribution in [2.24, 2.45) is 11.7 Å². The van der Waals surface area contributed by atoms with E-state index in [4.69, 9.17) is 10.5 Å². The number of methoxy groups -OCH3 is 1. The summed E-state index contributed by atoms with van der Waals surface area (Å²) < 4.78 is 4.90. The van der Waals surface area contributed by atoms with Gasteiger partial charge in [0.1, 0.15) is 5.54 Å². The van der Waals surface area contributed by atoms with Crippen molar-refractivity contribution in [1.82, 2.24) is 4.90 Å². The largest absolute Gasteiger partial charge is 0.468 e. The molecule has 2 fully saturated rings. The molecule has 0 aromatic heterocycles. The minimum Gasteiger partial charge on any atom is -0.468 e. The number of hydrogen-bond acceptors (Lipinski definition) is 4. The van der Waals surface area contributed by atoms with Crippen molar-refractivity contribution in [1.29, 1.82) is 0 Å². The molecular formula is C16H30N2O2. The molecule has 0 aromatic carbocycles. The van der Waals surface area contributed by atoms with Crippen LogP contribution in [0.1, 0.15) is 58.3 Å². The fraction of sp³-hybridized carbons (Fsp3) is 0.938. The van der Waals surface area contributed by atoms with Crippen molar-refractivity contribution < 1.29 is 9.53 Å². The lowest BCUT2D eigenvalue weighted by molar-refractivity contribution is -0.149. The molecule has 2 N–H and O–H groups in total. The average molecular weight is 282 g/mol.